The fraction of sp³-hybridized carbons (Fsp3) is 0.185. The molecule has 33 heavy (non-hydrogen) atoms. The van der Waals surface area contributed by atoms with Gasteiger partial charge in [0.2, 0.25) is 5.91 Å². The lowest BCUT2D eigenvalue weighted by atomic mass is 10.00. The van der Waals surface area contributed by atoms with Crippen LogP contribution in [-0.4, -0.2) is 40.7 Å². The zero-order valence-electron chi connectivity index (χ0n) is 18.0. The summed E-state index contributed by atoms with van der Waals surface area (Å²) >= 11 is 6.04. The Morgan fingerprint density at radius 2 is 1.64 bits per heavy atom. The molecule has 1 saturated heterocycles. The number of nitrogens with zero attached hydrogens (tertiary/aromatic N) is 2. The first-order valence-electron chi connectivity index (χ1n) is 11.0. The van der Waals surface area contributed by atoms with Gasteiger partial charge in [0.25, 0.3) is 5.91 Å². The van der Waals surface area contributed by atoms with E-state index in [4.69, 9.17) is 16.0 Å². The Hall–Kier alpha value is -3.57. The maximum Gasteiger partial charge on any atom is 0.290 e. The van der Waals surface area contributed by atoms with Gasteiger partial charge < -0.3 is 14.2 Å². The molecule has 1 atom stereocenters. The number of piperazine rings is 1. The first kappa shape index (κ1) is 21.3. The number of para-hydroxylation sites is 1. The predicted molar refractivity (Wildman–Crippen MR) is 128 cm³/mol. The third-order valence-corrected chi connectivity index (χ3v) is 6.29. The SMILES string of the molecule is O=C1[C@H](Cc2ccc(Cl)cc2)N(C(=O)c2cc3ccccc3o2)CCN1Cc1ccccc1. The molecule has 1 aromatic heterocycles. The van der Waals surface area contributed by atoms with Gasteiger partial charge in [-0.2, -0.15) is 0 Å². The molecule has 2 heterocycles. The monoisotopic (exact) mass is 458 g/mol. The molecule has 0 saturated carbocycles. The molecule has 1 aliphatic rings. The van der Waals surface area contributed by atoms with Gasteiger partial charge in [-0.25, -0.2) is 0 Å². The van der Waals surface area contributed by atoms with E-state index >= 15 is 0 Å². The molecule has 0 aliphatic carbocycles. The summed E-state index contributed by atoms with van der Waals surface area (Å²) in [5, 5.41) is 1.50. The van der Waals surface area contributed by atoms with E-state index < -0.39 is 6.04 Å². The van der Waals surface area contributed by atoms with Crippen molar-refractivity contribution in [2.24, 2.45) is 0 Å². The Morgan fingerprint density at radius 3 is 2.39 bits per heavy atom. The molecular weight excluding hydrogens is 436 g/mol. The van der Waals surface area contributed by atoms with Crippen molar-refractivity contribution in [1.82, 2.24) is 9.80 Å². The van der Waals surface area contributed by atoms with Crippen molar-refractivity contribution in [1.29, 1.82) is 0 Å². The van der Waals surface area contributed by atoms with Crippen molar-refractivity contribution in [3.8, 4) is 0 Å². The zero-order valence-corrected chi connectivity index (χ0v) is 18.7. The molecule has 5 nitrogen and oxygen atoms in total. The lowest BCUT2D eigenvalue weighted by Gasteiger charge is -2.40. The summed E-state index contributed by atoms with van der Waals surface area (Å²) in [6.45, 7) is 1.42. The van der Waals surface area contributed by atoms with Crippen molar-refractivity contribution in [2.45, 2.75) is 19.0 Å². The van der Waals surface area contributed by atoms with Crippen LogP contribution >= 0.6 is 11.6 Å². The Kier molecular flexibility index (Phi) is 5.88. The highest BCUT2D eigenvalue weighted by Crippen LogP contribution is 2.25. The average Bonchev–Trinajstić information content (AvgIpc) is 3.28. The Bertz CT molecular complexity index is 1250. The van der Waals surface area contributed by atoms with Gasteiger partial charge in [-0.05, 0) is 35.4 Å². The van der Waals surface area contributed by atoms with Crippen LogP contribution in [0.2, 0.25) is 5.02 Å². The molecule has 5 rings (SSSR count). The van der Waals surface area contributed by atoms with E-state index in [1.54, 1.807) is 23.1 Å². The van der Waals surface area contributed by atoms with Gasteiger partial charge >= 0.3 is 0 Å². The highest BCUT2D eigenvalue weighted by molar-refractivity contribution is 6.30. The molecule has 0 radical (unpaired) electrons. The van der Waals surface area contributed by atoms with Gasteiger partial charge in [0.15, 0.2) is 5.76 Å². The highest BCUT2D eigenvalue weighted by Gasteiger charge is 2.38. The third-order valence-electron chi connectivity index (χ3n) is 6.04. The summed E-state index contributed by atoms with van der Waals surface area (Å²) in [5.41, 5.74) is 2.67. The molecule has 0 unspecified atom stereocenters. The lowest BCUT2D eigenvalue weighted by molar-refractivity contribution is -0.140. The fourth-order valence-corrected chi connectivity index (χ4v) is 4.44. The van der Waals surface area contributed by atoms with E-state index in [2.05, 4.69) is 0 Å². The number of hydrogen-bond donors (Lipinski definition) is 0. The van der Waals surface area contributed by atoms with Crippen molar-refractivity contribution in [3.05, 3.63) is 107 Å². The van der Waals surface area contributed by atoms with E-state index in [0.29, 0.717) is 36.7 Å². The standard InChI is InChI=1S/C27H23ClN2O3/c28-22-12-10-19(11-13-22)16-23-26(31)29(18-20-6-2-1-3-7-20)14-15-30(23)27(32)25-17-21-8-4-5-9-24(21)33-25/h1-13,17,23H,14-16,18H2/t23-/m0/s1. The quantitative estimate of drug-likeness (QED) is 0.414. The molecule has 1 fully saturated rings. The molecule has 6 heteroatoms. The number of benzene rings is 3. The van der Waals surface area contributed by atoms with Crippen LogP contribution in [0, 0.1) is 0 Å². The van der Waals surface area contributed by atoms with Gasteiger partial charge in [-0.15, -0.1) is 0 Å². The van der Waals surface area contributed by atoms with Crippen LogP contribution in [0.25, 0.3) is 11.0 Å². The summed E-state index contributed by atoms with van der Waals surface area (Å²) in [6.07, 6.45) is 0.410. The summed E-state index contributed by atoms with van der Waals surface area (Å²) in [5.74, 6) is -0.0796. The van der Waals surface area contributed by atoms with Crippen molar-refractivity contribution in [2.75, 3.05) is 13.1 Å². The average molecular weight is 459 g/mol. The summed E-state index contributed by atoms with van der Waals surface area (Å²) in [7, 11) is 0. The maximum atomic E-state index is 13.6. The molecule has 166 valence electrons. The van der Waals surface area contributed by atoms with Crippen molar-refractivity contribution < 1.29 is 14.0 Å². The molecule has 0 spiro atoms. The molecule has 3 aromatic carbocycles. The number of carbonyl (C=O) groups excluding carboxylic acids is 2. The molecular formula is C27H23ClN2O3. The van der Waals surface area contributed by atoms with Gasteiger partial charge in [0.1, 0.15) is 11.6 Å². The summed E-state index contributed by atoms with van der Waals surface area (Å²) in [6, 6.07) is 25.9. The van der Waals surface area contributed by atoms with Crippen LogP contribution in [0.1, 0.15) is 21.7 Å². The van der Waals surface area contributed by atoms with E-state index in [-0.39, 0.29) is 17.6 Å². The predicted octanol–water partition coefficient (Wildman–Crippen LogP) is 5.18. The second kappa shape index (κ2) is 9.12. The van der Waals surface area contributed by atoms with Gasteiger partial charge in [0.05, 0.1) is 0 Å². The largest absolute Gasteiger partial charge is 0.451 e. The molecule has 0 bridgehead atoms. The van der Waals surface area contributed by atoms with Crippen LogP contribution in [-0.2, 0) is 17.8 Å². The molecule has 4 aromatic rings. The summed E-state index contributed by atoms with van der Waals surface area (Å²) < 4.78 is 5.82. The van der Waals surface area contributed by atoms with Crippen LogP contribution in [0.3, 0.4) is 0 Å². The minimum absolute atomic E-state index is 0.0653. The Morgan fingerprint density at radius 1 is 0.909 bits per heavy atom. The van der Waals surface area contributed by atoms with E-state index in [9.17, 15) is 9.59 Å². The highest BCUT2D eigenvalue weighted by atomic mass is 35.5. The maximum absolute atomic E-state index is 13.6. The topological polar surface area (TPSA) is 53.8 Å². The minimum Gasteiger partial charge on any atom is -0.451 e. The normalized spacial score (nSPS) is 16.4. The molecule has 1 aliphatic heterocycles. The van der Waals surface area contributed by atoms with Crippen LogP contribution < -0.4 is 0 Å². The molecule has 0 N–H and O–H groups in total. The van der Waals surface area contributed by atoms with Crippen molar-refractivity contribution in [3.63, 3.8) is 0 Å². The van der Waals surface area contributed by atoms with Gasteiger partial charge in [-0.3, -0.25) is 9.59 Å². The lowest BCUT2D eigenvalue weighted by Crippen LogP contribution is -2.59. The third kappa shape index (κ3) is 4.50. The number of halogens is 1. The Labute approximate surface area is 197 Å². The minimum atomic E-state index is -0.621. The van der Waals surface area contributed by atoms with E-state index in [1.165, 1.54) is 0 Å². The summed E-state index contributed by atoms with van der Waals surface area (Å²) in [4.78, 5) is 30.6. The first-order chi connectivity index (χ1) is 16.1. The number of hydrogen-bond acceptors (Lipinski definition) is 3. The number of carbonyl (C=O) groups is 2. The van der Waals surface area contributed by atoms with E-state index in [1.807, 2.05) is 71.6 Å². The first-order valence-corrected chi connectivity index (χ1v) is 11.3. The van der Waals surface area contributed by atoms with Crippen LogP contribution in [0.5, 0.6) is 0 Å². The molecule has 2 amide bonds. The van der Waals surface area contributed by atoms with Gasteiger partial charge in [-0.1, -0.05) is 72.3 Å². The second-order valence-electron chi connectivity index (χ2n) is 8.24. The van der Waals surface area contributed by atoms with Crippen LogP contribution in [0.4, 0.5) is 0 Å². The number of amides is 2. The number of fused-ring (bicyclic) bond motifs is 1. The van der Waals surface area contributed by atoms with Crippen LogP contribution in [0.15, 0.2) is 89.3 Å². The van der Waals surface area contributed by atoms with Gasteiger partial charge in [0, 0.05) is 36.5 Å². The number of rotatable bonds is 5. The smallest absolute Gasteiger partial charge is 0.290 e. The van der Waals surface area contributed by atoms with E-state index in [0.717, 1.165) is 16.5 Å². The van der Waals surface area contributed by atoms with Crippen molar-refractivity contribution >= 4 is 34.4 Å². The fourth-order valence-electron chi connectivity index (χ4n) is 4.31. The zero-order chi connectivity index (χ0) is 22.8. The Balaban J connectivity index is 1.44. The second-order valence-corrected chi connectivity index (χ2v) is 8.68. The number of furan rings is 1.